The van der Waals surface area contributed by atoms with Crippen LogP contribution in [0.1, 0.15) is 12.8 Å². The number of halogens is 4. The van der Waals surface area contributed by atoms with Crippen molar-refractivity contribution in [3.05, 3.63) is 28.7 Å². The standard InChI is InChI=1S/C12H14BrF3O2/c13-10-3-1-4-11(9-10)18-8-7-17-6-2-5-12(14,15)16/h1,3-4,9H,2,5-8H2. The van der Waals surface area contributed by atoms with E-state index in [1.54, 1.807) is 6.07 Å². The lowest BCUT2D eigenvalue weighted by molar-refractivity contribution is -0.138. The van der Waals surface area contributed by atoms with Crippen LogP contribution in [0.25, 0.3) is 0 Å². The number of hydrogen-bond acceptors (Lipinski definition) is 2. The van der Waals surface area contributed by atoms with E-state index in [1.165, 1.54) is 0 Å². The largest absolute Gasteiger partial charge is 0.491 e. The van der Waals surface area contributed by atoms with Gasteiger partial charge >= 0.3 is 6.18 Å². The van der Waals surface area contributed by atoms with Gasteiger partial charge in [0.25, 0.3) is 0 Å². The summed E-state index contributed by atoms with van der Waals surface area (Å²) in [6, 6.07) is 7.32. The van der Waals surface area contributed by atoms with E-state index in [0.29, 0.717) is 12.4 Å². The molecule has 0 atom stereocenters. The van der Waals surface area contributed by atoms with E-state index in [2.05, 4.69) is 15.9 Å². The molecule has 0 aromatic heterocycles. The van der Waals surface area contributed by atoms with Crippen molar-refractivity contribution in [2.45, 2.75) is 19.0 Å². The lowest BCUT2D eigenvalue weighted by atomic mass is 10.3. The molecule has 0 amide bonds. The first kappa shape index (κ1) is 15.3. The zero-order chi connectivity index (χ0) is 13.4. The Morgan fingerprint density at radius 3 is 2.56 bits per heavy atom. The number of hydrogen-bond donors (Lipinski definition) is 0. The van der Waals surface area contributed by atoms with Crippen LogP contribution in [0.3, 0.4) is 0 Å². The summed E-state index contributed by atoms with van der Waals surface area (Å²) in [5.74, 6) is 0.697. The van der Waals surface area contributed by atoms with Crippen LogP contribution in [0.4, 0.5) is 13.2 Å². The normalized spacial score (nSPS) is 11.6. The molecule has 1 rings (SSSR count). The average Bonchev–Trinajstić information content (AvgIpc) is 2.26. The summed E-state index contributed by atoms with van der Waals surface area (Å²) in [6.07, 6.45) is -4.92. The van der Waals surface area contributed by atoms with E-state index in [4.69, 9.17) is 9.47 Å². The molecule has 6 heteroatoms. The quantitative estimate of drug-likeness (QED) is 0.699. The fourth-order valence-electron chi connectivity index (χ4n) is 1.25. The second-order valence-corrected chi connectivity index (χ2v) is 4.55. The Kier molecular flexibility index (Phi) is 6.49. The van der Waals surface area contributed by atoms with Crippen LogP contribution in [0.15, 0.2) is 28.7 Å². The molecular formula is C12H14BrF3O2. The molecule has 0 fully saturated rings. The van der Waals surface area contributed by atoms with Gasteiger partial charge in [-0.1, -0.05) is 22.0 Å². The van der Waals surface area contributed by atoms with Crippen molar-refractivity contribution in [3.63, 3.8) is 0 Å². The maximum atomic E-state index is 11.8. The zero-order valence-electron chi connectivity index (χ0n) is 9.67. The molecule has 0 saturated carbocycles. The Balaban J connectivity index is 2.02. The third kappa shape index (κ3) is 7.55. The van der Waals surface area contributed by atoms with Gasteiger partial charge in [0.05, 0.1) is 6.61 Å². The van der Waals surface area contributed by atoms with Crippen LogP contribution in [0, 0.1) is 0 Å². The molecule has 0 spiro atoms. The molecule has 0 heterocycles. The topological polar surface area (TPSA) is 18.5 Å². The van der Waals surface area contributed by atoms with Crippen LogP contribution in [-0.2, 0) is 4.74 Å². The Labute approximate surface area is 112 Å². The van der Waals surface area contributed by atoms with Gasteiger partial charge in [-0.2, -0.15) is 13.2 Å². The van der Waals surface area contributed by atoms with Crippen molar-refractivity contribution in [2.75, 3.05) is 19.8 Å². The lowest BCUT2D eigenvalue weighted by Gasteiger charge is -2.08. The minimum Gasteiger partial charge on any atom is -0.491 e. The van der Waals surface area contributed by atoms with Crippen molar-refractivity contribution < 1.29 is 22.6 Å². The first-order valence-electron chi connectivity index (χ1n) is 5.50. The maximum absolute atomic E-state index is 11.8. The number of alkyl halides is 3. The van der Waals surface area contributed by atoms with Crippen molar-refractivity contribution in [1.29, 1.82) is 0 Å². The summed E-state index contributed by atoms with van der Waals surface area (Å²) in [6.45, 7) is 0.703. The third-order valence-corrected chi connectivity index (χ3v) is 2.53. The Hall–Kier alpha value is -0.750. The third-order valence-electron chi connectivity index (χ3n) is 2.04. The molecule has 0 unspecified atom stereocenters. The van der Waals surface area contributed by atoms with E-state index >= 15 is 0 Å². The van der Waals surface area contributed by atoms with Crippen LogP contribution >= 0.6 is 15.9 Å². The van der Waals surface area contributed by atoms with E-state index in [-0.39, 0.29) is 19.6 Å². The summed E-state index contributed by atoms with van der Waals surface area (Å²) < 4.78 is 46.7. The molecule has 0 aliphatic rings. The van der Waals surface area contributed by atoms with Crippen LogP contribution < -0.4 is 4.74 Å². The van der Waals surface area contributed by atoms with Gasteiger partial charge in [-0.25, -0.2) is 0 Å². The molecule has 2 nitrogen and oxygen atoms in total. The van der Waals surface area contributed by atoms with Gasteiger partial charge in [0.1, 0.15) is 12.4 Å². The van der Waals surface area contributed by atoms with Crippen molar-refractivity contribution >= 4 is 15.9 Å². The molecular weight excluding hydrogens is 313 g/mol. The smallest absolute Gasteiger partial charge is 0.389 e. The molecule has 102 valence electrons. The molecule has 18 heavy (non-hydrogen) atoms. The van der Waals surface area contributed by atoms with Crippen LogP contribution in [0.5, 0.6) is 5.75 Å². The summed E-state index contributed by atoms with van der Waals surface area (Å²) in [5.41, 5.74) is 0. The summed E-state index contributed by atoms with van der Waals surface area (Å²) >= 11 is 3.31. The molecule has 0 N–H and O–H groups in total. The van der Waals surface area contributed by atoms with Gasteiger partial charge in [-0.15, -0.1) is 0 Å². The molecule has 1 aromatic carbocycles. The summed E-state index contributed by atoms with van der Waals surface area (Å²) in [7, 11) is 0. The molecule has 0 aliphatic heterocycles. The zero-order valence-corrected chi connectivity index (χ0v) is 11.3. The highest BCUT2D eigenvalue weighted by Gasteiger charge is 2.25. The van der Waals surface area contributed by atoms with Gasteiger partial charge < -0.3 is 9.47 Å². The van der Waals surface area contributed by atoms with E-state index in [9.17, 15) is 13.2 Å². The second kappa shape index (κ2) is 7.63. The molecule has 0 bridgehead atoms. The number of benzene rings is 1. The monoisotopic (exact) mass is 326 g/mol. The Bertz CT molecular complexity index is 355. The van der Waals surface area contributed by atoms with Gasteiger partial charge in [-0.05, 0) is 24.6 Å². The summed E-state index contributed by atoms with van der Waals surface area (Å²) in [5, 5.41) is 0. The second-order valence-electron chi connectivity index (χ2n) is 3.64. The fraction of sp³-hybridized carbons (Fsp3) is 0.500. The first-order valence-corrected chi connectivity index (χ1v) is 6.29. The maximum Gasteiger partial charge on any atom is 0.389 e. The lowest BCUT2D eigenvalue weighted by Crippen LogP contribution is -2.11. The highest BCUT2D eigenvalue weighted by Crippen LogP contribution is 2.21. The van der Waals surface area contributed by atoms with Gasteiger partial charge in [0.2, 0.25) is 0 Å². The van der Waals surface area contributed by atoms with Crippen LogP contribution in [-0.4, -0.2) is 26.0 Å². The average molecular weight is 327 g/mol. The van der Waals surface area contributed by atoms with Crippen LogP contribution in [0.2, 0.25) is 0 Å². The predicted molar refractivity (Wildman–Crippen MR) is 65.7 cm³/mol. The molecule has 0 saturated heterocycles. The summed E-state index contributed by atoms with van der Waals surface area (Å²) in [4.78, 5) is 0. The predicted octanol–water partition coefficient (Wildman–Crippen LogP) is 4.19. The van der Waals surface area contributed by atoms with Gasteiger partial charge in [0, 0.05) is 17.5 Å². The number of rotatable bonds is 7. The van der Waals surface area contributed by atoms with Gasteiger partial charge in [0.15, 0.2) is 0 Å². The van der Waals surface area contributed by atoms with E-state index in [0.717, 1.165) is 4.47 Å². The highest BCUT2D eigenvalue weighted by molar-refractivity contribution is 9.10. The Morgan fingerprint density at radius 1 is 1.11 bits per heavy atom. The minimum absolute atomic E-state index is 0.0135. The first-order chi connectivity index (χ1) is 8.47. The SMILES string of the molecule is FC(F)(F)CCCOCCOc1cccc(Br)c1. The van der Waals surface area contributed by atoms with E-state index in [1.807, 2.05) is 18.2 Å². The molecule has 0 radical (unpaired) electrons. The number of ether oxygens (including phenoxy) is 2. The molecule has 0 aliphatic carbocycles. The van der Waals surface area contributed by atoms with Gasteiger partial charge in [-0.3, -0.25) is 0 Å². The molecule has 1 aromatic rings. The highest BCUT2D eigenvalue weighted by atomic mass is 79.9. The van der Waals surface area contributed by atoms with Crippen molar-refractivity contribution in [2.24, 2.45) is 0 Å². The Morgan fingerprint density at radius 2 is 1.89 bits per heavy atom. The minimum atomic E-state index is -4.10. The van der Waals surface area contributed by atoms with Crippen molar-refractivity contribution in [3.8, 4) is 5.75 Å². The van der Waals surface area contributed by atoms with Crippen molar-refractivity contribution in [1.82, 2.24) is 0 Å². The van der Waals surface area contributed by atoms with E-state index < -0.39 is 12.6 Å². The fourth-order valence-corrected chi connectivity index (χ4v) is 1.63.